The standard InChI is InChI=1S/C16H20N4O3/c1-4-11-7-13(21)20-15(18-11)10-5-6-12(17-8-10)19-14(9(2)3)16(22)23/h5-9,14H,4H2,1-3H3,(H,17,19)(H,22,23)(H,18,20,21)/t14-/m1/s1. The molecule has 0 aromatic carbocycles. The second-order valence-electron chi connectivity index (χ2n) is 5.58. The van der Waals surface area contributed by atoms with Gasteiger partial charge in [0.15, 0.2) is 0 Å². The molecule has 0 radical (unpaired) electrons. The molecule has 0 bridgehead atoms. The minimum absolute atomic E-state index is 0.0757. The normalized spacial score (nSPS) is 12.2. The number of aromatic amines is 1. The van der Waals surface area contributed by atoms with Crippen molar-refractivity contribution in [1.29, 1.82) is 0 Å². The number of aromatic nitrogens is 3. The second-order valence-corrected chi connectivity index (χ2v) is 5.58. The molecule has 0 aliphatic heterocycles. The summed E-state index contributed by atoms with van der Waals surface area (Å²) in [5.74, 6) is -0.0864. The average Bonchev–Trinajstić information content (AvgIpc) is 2.51. The Kier molecular flexibility index (Phi) is 5.10. The van der Waals surface area contributed by atoms with Gasteiger partial charge in [0.05, 0.1) is 0 Å². The van der Waals surface area contributed by atoms with Crippen LogP contribution in [0.25, 0.3) is 11.4 Å². The Morgan fingerprint density at radius 2 is 2.13 bits per heavy atom. The fraction of sp³-hybridized carbons (Fsp3) is 0.375. The molecule has 0 saturated heterocycles. The van der Waals surface area contributed by atoms with Crippen LogP contribution in [-0.4, -0.2) is 32.1 Å². The van der Waals surface area contributed by atoms with E-state index in [1.54, 1.807) is 18.3 Å². The van der Waals surface area contributed by atoms with Crippen LogP contribution in [0.4, 0.5) is 5.82 Å². The van der Waals surface area contributed by atoms with Crippen LogP contribution in [0, 0.1) is 5.92 Å². The van der Waals surface area contributed by atoms with Gasteiger partial charge in [-0.05, 0) is 24.5 Å². The highest BCUT2D eigenvalue weighted by molar-refractivity contribution is 5.77. The van der Waals surface area contributed by atoms with E-state index in [0.717, 1.165) is 0 Å². The van der Waals surface area contributed by atoms with E-state index in [1.165, 1.54) is 6.07 Å². The number of aryl methyl sites for hydroxylation is 1. The Labute approximate surface area is 133 Å². The van der Waals surface area contributed by atoms with Gasteiger partial charge in [-0.15, -0.1) is 0 Å². The molecule has 3 N–H and O–H groups in total. The molecule has 0 unspecified atom stereocenters. The fourth-order valence-electron chi connectivity index (χ4n) is 2.12. The first-order valence-corrected chi connectivity index (χ1v) is 7.46. The number of carboxylic acid groups (broad SMARTS) is 1. The minimum atomic E-state index is -0.924. The van der Waals surface area contributed by atoms with Gasteiger partial charge >= 0.3 is 5.97 Å². The van der Waals surface area contributed by atoms with E-state index in [-0.39, 0.29) is 11.5 Å². The molecule has 2 heterocycles. The maximum Gasteiger partial charge on any atom is 0.326 e. The number of anilines is 1. The largest absolute Gasteiger partial charge is 0.480 e. The molecule has 0 amide bonds. The van der Waals surface area contributed by atoms with Gasteiger partial charge in [0.2, 0.25) is 0 Å². The van der Waals surface area contributed by atoms with Gasteiger partial charge in [-0.2, -0.15) is 0 Å². The maximum absolute atomic E-state index is 11.6. The van der Waals surface area contributed by atoms with Gasteiger partial charge in [0, 0.05) is 23.5 Å². The summed E-state index contributed by atoms with van der Waals surface area (Å²) in [5, 5.41) is 12.1. The Balaban J connectivity index is 2.24. The van der Waals surface area contributed by atoms with Gasteiger partial charge in [0.25, 0.3) is 5.56 Å². The first kappa shape index (κ1) is 16.7. The smallest absolute Gasteiger partial charge is 0.326 e. The number of carbonyl (C=O) groups is 1. The van der Waals surface area contributed by atoms with Crippen LogP contribution in [0.15, 0.2) is 29.2 Å². The van der Waals surface area contributed by atoms with Gasteiger partial charge in [-0.1, -0.05) is 20.8 Å². The topological polar surface area (TPSA) is 108 Å². The van der Waals surface area contributed by atoms with Crippen LogP contribution in [0.1, 0.15) is 26.5 Å². The minimum Gasteiger partial charge on any atom is -0.480 e. The Bertz CT molecular complexity index is 738. The summed E-state index contributed by atoms with van der Waals surface area (Å²) in [6.45, 7) is 5.57. The van der Waals surface area contributed by atoms with Crippen molar-refractivity contribution in [1.82, 2.24) is 15.0 Å². The number of nitrogens with one attached hydrogen (secondary N) is 2. The third-order valence-corrected chi connectivity index (χ3v) is 3.43. The molecule has 2 aromatic rings. The number of rotatable bonds is 6. The summed E-state index contributed by atoms with van der Waals surface area (Å²) < 4.78 is 0. The van der Waals surface area contributed by atoms with E-state index >= 15 is 0 Å². The quantitative estimate of drug-likeness (QED) is 0.751. The van der Waals surface area contributed by atoms with Crippen molar-refractivity contribution < 1.29 is 9.90 Å². The highest BCUT2D eigenvalue weighted by atomic mass is 16.4. The molecule has 2 rings (SSSR count). The summed E-state index contributed by atoms with van der Waals surface area (Å²) in [6.07, 6.45) is 2.22. The zero-order valence-corrected chi connectivity index (χ0v) is 13.3. The third kappa shape index (κ3) is 4.15. The molecule has 7 nitrogen and oxygen atoms in total. The lowest BCUT2D eigenvalue weighted by Gasteiger charge is -2.18. The molecule has 122 valence electrons. The molecule has 0 aliphatic carbocycles. The van der Waals surface area contributed by atoms with E-state index in [1.807, 2.05) is 20.8 Å². The lowest BCUT2D eigenvalue weighted by atomic mass is 10.1. The van der Waals surface area contributed by atoms with E-state index in [2.05, 4.69) is 20.3 Å². The lowest BCUT2D eigenvalue weighted by molar-refractivity contribution is -0.138. The zero-order valence-electron chi connectivity index (χ0n) is 13.3. The summed E-state index contributed by atoms with van der Waals surface area (Å²) in [4.78, 5) is 34.1. The van der Waals surface area contributed by atoms with Gasteiger partial charge in [-0.25, -0.2) is 14.8 Å². The summed E-state index contributed by atoms with van der Waals surface area (Å²) in [7, 11) is 0. The molecule has 23 heavy (non-hydrogen) atoms. The first-order chi connectivity index (χ1) is 10.9. The van der Waals surface area contributed by atoms with Crippen LogP contribution in [0.3, 0.4) is 0 Å². The van der Waals surface area contributed by atoms with Gasteiger partial charge < -0.3 is 15.4 Å². The van der Waals surface area contributed by atoms with Crippen LogP contribution in [-0.2, 0) is 11.2 Å². The summed E-state index contributed by atoms with van der Waals surface area (Å²) in [6, 6.07) is 4.17. The van der Waals surface area contributed by atoms with Crippen LogP contribution in [0.5, 0.6) is 0 Å². The van der Waals surface area contributed by atoms with Crippen LogP contribution < -0.4 is 10.9 Å². The van der Waals surface area contributed by atoms with Gasteiger partial charge in [-0.3, -0.25) is 4.79 Å². The Morgan fingerprint density at radius 3 is 2.65 bits per heavy atom. The predicted octanol–water partition coefficient (Wildman–Crippen LogP) is 1.92. The number of nitrogens with zero attached hydrogens (tertiary/aromatic N) is 2. The van der Waals surface area contributed by atoms with Crippen molar-refractivity contribution in [3.05, 3.63) is 40.4 Å². The zero-order chi connectivity index (χ0) is 17.0. The first-order valence-electron chi connectivity index (χ1n) is 7.46. The molecular weight excluding hydrogens is 296 g/mol. The maximum atomic E-state index is 11.6. The van der Waals surface area contributed by atoms with E-state index in [4.69, 9.17) is 0 Å². The monoisotopic (exact) mass is 316 g/mol. The molecule has 0 spiro atoms. The number of hydrogen-bond donors (Lipinski definition) is 3. The number of H-pyrrole nitrogens is 1. The third-order valence-electron chi connectivity index (χ3n) is 3.43. The van der Waals surface area contributed by atoms with E-state index in [9.17, 15) is 14.7 Å². The molecule has 0 aliphatic rings. The van der Waals surface area contributed by atoms with Crippen LogP contribution >= 0.6 is 0 Å². The number of hydrogen-bond acceptors (Lipinski definition) is 5. The van der Waals surface area contributed by atoms with Crippen molar-refractivity contribution in [3.63, 3.8) is 0 Å². The Morgan fingerprint density at radius 1 is 1.39 bits per heavy atom. The van der Waals surface area contributed by atoms with Crippen molar-refractivity contribution in [3.8, 4) is 11.4 Å². The highest BCUT2D eigenvalue weighted by Crippen LogP contribution is 2.16. The van der Waals surface area contributed by atoms with Crippen molar-refractivity contribution >= 4 is 11.8 Å². The average molecular weight is 316 g/mol. The number of pyridine rings is 1. The molecule has 7 heteroatoms. The summed E-state index contributed by atoms with van der Waals surface area (Å²) >= 11 is 0. The van der Waals surface area contributed by atoms with E-state index < -0.39 is 12.0 Å². The Hall–Kier alpha value is -2.70. The number of aliphatic carboxylic acids is 1. The molecule has 1 atom stereocenters. The second kappa shape index (κ2) is 7.04. The molecular formula is C16H20N4O3. The molecule has 2 aromatic heterocycles. The predicted molar refractivity (Wildman–Crippen MR) is 87.4 cm³/mol. The van der Waals surface area contributed by atoms with Crippen molar-refractivity contribution in [2.75, 3.05) is 5.32 Å². The SMILES string of the molecule is CCc1cc(=O)[nH]c(-c2ccc(N[C@@H](C(=O)O)C(C)C)nc2)n1. The summed E-state index contributed by atoms with van der Waals surface area (Å²) in [5.41, 5.74) is 1.16. The molecule has 0 fully saturated rings. The van der Waals surface area contributed by atoms with Crippen molar-refractivity contribution in [2.24, 2.45) is 5.92 Å². The van der Waals surface area contributed by atoms with Gasteiger partial charge in [0.1, 0.15) is 17.7 Å². The highest BCUT2D eigenvalue weighted by Gasteiger charge is 2.21. The fourth-order valence-corrected chi connectivity index (χ4v) is 2.12. The number of carboxylic acids is 1. The van der Waals surface area contributed by atoms with Crippen LogP contribution in [0.2, 0.25) is 0 Å². The molecule has 0 saturated carbocycles. The lowest BCUT2D eigenvalue weighted by Crippen LogP contribution is -2.34. The van der Waals surface area contributed by atoms with Crippen molar-refractivity contribution in [2.45, 2.75) is 33.2 Å². The van der Waals surface area contributed by atoms with E-state index in [0.29, 0.717) is 29.3 Å².